The van der Waals surface area contributed by atoms with E-state index in [9.17, 15) is 4.79 Å². The highest BCUT2D eigenvalue weighted by molar-refractivity contribution is 5.75. The van der Waals surface area contributed by atoms with E-state index in [-0.39, 0.29) is 6.03 Å². The van der Waals surface area contributed by atoms with E-state index in [1.54, 1.807) is 0 Å². The molecule has 2 unspecified atom stereocenters. The molecule has 0 aromatic heterocycles. The van der Waals surface area contributed by atoms with Gasteiger partial charge >= 0.3 is 6.03 Å². The Labute approximate surface area is 143 Å². The van der Waals surface area contributed by atoms with E-state index in [0.717, 1.165) is 32.6 Å². The number of nitrogens with one attached hydrogen (secondary N) is 1. The van der Waals surface area contributed by atoms with Crippen LogP contribution in [0.5, 0.6) is 0 Å². The average Bonchev–Trinajstić information content (AvgIpc) is 3.42. The van der Waals surface area contributed by atoms with Crippen LogP contribution in [0.2, 0.25) is 0 Å². The lowest BCUT2D eigenvalue weighted by Crippen LogP contribution is -2.52. The molecule has 1 aliphatic heterocycles. The van der Waals surface area contributed by atoms with Gasteiger partial charge in [-0.25, -0.2) is 4.79 Å². The molecule has 4 rings (SSSR count). The first-order valence-corrected chi connectivity index (χ1v) is 8.71. The third-order valence-corrected chi connectivity index (χ3v) is 5.02. The van der Waals surface area contributed by atoms with Crippen LogP contribution in [0, 0.1) is 0 Å². The number of rotatable bonds is 3. The lowest BCUT2D eigenvalue weighted by atomic mass is 10.1. The lowest BCUT2D eigenvalue weighted by molar-refractivity contribution is 0.193. The van der Waals surface area contributed by atoms with Crippen molar-refractivity contribution < 1.29 is 4.79 Å². The SMILES string of the molecule is O=C(NC1CC1c1ccccc1)N1CCN(c2ccccc2)CC1. The zero-order valence-corrected chi connectivity index (χ0v) is 13.8. The Hall–Kier alpha value is -2.49. The minimum absolute atomic E-state index is 0.0890. The number of carbonyl (C=O) groups excluding carboxylic acids is 1. The number of nitrogens with zero attached hydrogens (tertiary/aromatic N) is 2. The average molecular weight is 321 g/mol. The standard InChI is InChI=1S/C20H23N3O/c24-20(21-19-15-18(19)16-7-3-1-4-8-16)23-13-11-22(12-14-23)17-9-5-2-6-10-17/h1-10,18-19H,11-15H2,(H,21,24). The second-order valence-corrected chi connectivity index (χ2v) is 6.62. The summed E-state index contributed by atoms with van der Waals surface area (Å²) in [5, 5.41) is 3.20. The van der Waals surface area contributed by atoms with Crippen LogP contribution in [-0.2, 0) is 0 Å². The predicted octanol–water partition coefficient (Wildman–Crippen LogP) is 3.07. The first-order chi connectivity index (χ1) is 11.8. The molecule has 1 heterocycles. The van der Waals surface area contributed by atoms with Gasteiger partial charge in [0.25, 0.3) is 0 Å². The Morgan fingerprint density at radius 2 is 1.50 bits per heavy atom. The van der Waals surface area contributed by atoms with Gasteiger partial charge in [-0.15, -0.1) is 0 Å². The first kappa shape index (κ1) is 15.1. The van der Waals surface area contributed by atoms with E-state index in [4.69, 9.17) is 0 Å². The highest BCUT2D eigenvalue weighted by Crippen LogP contribution is 2.40. The van der Waals surface area contributed by atoms with Crippen LogP contribution in [-0.4, -0.2) is 43.2 Å². The number of anilines is 1. The van der Waals surface area contributed by atoms with Gasteiger partial charge in [0, 0.05) is 43.8 Å². The number of piperazine rings is 1. The summed E-state index contributed by atoms with van der Waals surface area (Å²) in [7, 11) is 0. The van der Waals surface area contributed by atoms with E-state index in [2.05, 4.69) is 58.7 Å². The van der Waals surface area contributed by atoms with Crippen LogP contribution < -0.4 is 10.2 Å². The van der Waals surface area contributed by atoms with Crippen molar-refractivity contribution in [2.45, 2.75) is 18.4 Å². The summed E-state index contributed by atoms with van der Waals surface area (Å²) in [5.41, 5.74) is 2.57. The number of hydrogen-bond donors (Lipinski definition) is 1. The third-order valence-electron chi connectivity index (χ3n) is 5.02. The van der Waals surface area contributed by atoms with Crippen LogP contribution in [0.3, 0.4) is 0 Å². The van der Waals surface area contributed by atoms with Gasteiger partial charge in [-0.3, -0.25) is 0 Å². The van der Waals surface area contributed by atoms with E-state index < -0.39 is 0 Å². The van der Waals surface area contributed by atoms with E-state index in [0.29, 0.717) is 12.0 Å². The van der Waals surface area contributed by atoms with Crippen molar-refractivity contribution in [1.82, 2.24) is 10.2 Å². The summed E-state index contributed by atoms with van der Waals surface area (Å²) in [6.07, 6.45) is 1.06. The second-order valence-electron chi connectivity index (χ2n) is 6.62. The maximum atomic E-state index is 12.5. The van der Waals surface area contributed by atoms with Crippen LogP contribution in [0.4, 0.5) is 10.5 Å². The van der Waals surface area contributed by atoms with Crippen LogP contribution in [0.1, 0.15) is 17.9 Å². The van der Waals surface area contributed by atoms with Crippen molar-refractivity contribution in [3.63, 3.8) is 0 Å². The van der Waals surface area contributed by atoms with Gasteiger partial charge in [0.15, 0.2) is 0 Å². The Morgan fingerprint density at radius 3 is 2.17 bits per heavy atom. The zero-order chi connectivity index (χ0) is 16.4. The molecule has 2 aromatic carbocycles. The highest BCUT2D eigenvalue weighted by atomic mass is 16.2. The maximum Gasteiger partial charge on any atom is 0.317 e. The predicted molar refractivity (Wildman–Crippen MR) is 96.3 cm³/mol. The molecule has 4 heteroatoms. The van der Waals surface area contributed by atoms with Gasteiger partial charge in [0.2, 0.25) is 0 Å². The van der Waals surface area contributed by atoms with Gasteiger partial charge in [-0.05, 0) is 24.1 Å². The van der Waals surface area contributed by atoms with Crippen molar-refractivity contribution in [3.05, 3.63) is 66.2 Å². The molecule has 0 spiro atoms. The Kier molecular flexibility index (Phi) is 4.11. The van der Waals surface area contributed by atoms with Crippen molar-refractivity contribution in [2.24, 2.45) is 0 Å². The number of carbonyl (C=O) groups is 1. The monoisotopic (exact) mass is 321 g/mol. The molecule has 1 aliphatic carbocycles. The van der Waals surface area contributed by atoms with E-state index in [1.165, 1.54) is 11.3 Å². The molecule has 2 fully saturated rings. The van der Waals surface area contributed by atoms with Crippen molar-refractivity contribution in [1.29, 1.82) is 0 Å². The van der Waals surface area contributed by atoms with Crippen molar-refractivity contribution in [2.75, 3.05) is 31.1 Å². The molecule has 24 heavy (non-hydrogen) atoms. The minimum Gasteiger partial charge on any atom is -0.368 e. The quantitative estimate of drug-likeness (QED) is 0.943. The normalized spacial score (nSPS) is 23.0. The summed E-state index contributed by atoms with van der Waals surface area (Å²) in [5.74, 6) is 0.487. The lowest BCUT2D eigenvalue weighted by Gasteiger charge is -2.36. The van der Waals surface area contributed by atoms with Crippen molar-refractivity contribution >= 4 is 11.7 Å². The molecule has 1 saturated heterocycles. The number of benzene rings is 2. The highest BCUT2D eigenvalue weighted by Gasteiger charge is 2.40. The van der Waals surface area contributed by atoms with Gasteiger partial charge in [0.05, 0.1) is 0 Å². The second kappa shape index (κ2) is 6.56. The Balaban J connectivity index is 1.27. The van der Waals surface area contributed by atoms with Crippen LogP contribution >= 0.6 is 0 Å². The Morgan fingerprint density at radius 1 is 0.875 bits per heavy atom. The van der Waals surface area contributed by atoms with Gasteiger partial charge in [0.1, 0.15) is 0 Å². The molecule has 2 atom stereocenters. The molecule has 2 aromatic rings. The summed E-state index contributed by atoms with van der Waals surface area (Å²) in [4.78, 5) is 16.8. The van der Waals surface area contributed by atoms with Crippen LogP contribution in [0.25, 0.3) is 0 Å². The summed E-state index contributed by atoms with van der Waals surface area (Å²) in [6.45, 7) is 3.35. The number of para-hydroxylation sites is 1. The van der Waals surface area contributed by atoms with Crippen molar-refractivity contribution in [3.8, 4) is 0 Å². The largest absolute Gasteiger partial charge is 0.368 e. The fourth-order valence-electron chi connectivity index (χ4n) is 3.48. The fourth-order valence-corrected chi connectivity index (χ4v) is 3.48. The van der Waals surface area contributed by atoms with Gasteiger partial charge in [-0.1, -0.05) is 48.5 Å². The van der Waals surface area contributed by atoms with Gasteiger partial charge < -0.3 is 15.1 Å². The smallest absolute Gasteiger partial charge is 0.317 e. The summed E-state index contributed by atoms with van der Waals surface area (Å²) in [6, 6.07) is 21.3. The number of amides is 2. The van der Waals surface area contributed by atoms with Crippen LogP contribution in [0.15, 0.2) is 60.7 Å². The zero-order valence-electron chi connectivity index (χ0n) is 13.8. The summed E-state index contributed by atoms with van der Waals surface area (Å²) >= 11 is 0. The topological polar surface area (TPSA) is 35.6 Å². The fraction of sp³-hybridized carbons (Fsp3) is 0.350. The summed E-state index contributed by atoms with van der Waals surface area (Å²) < 4.78 is 0. The molecular formula is C20H23N3O. The molecular weight excluding hydrogens is 298 g/mol. The molecule has 0 radical (unpaired) electrons. The third kappa shape index (κ3) is 3.23. The number of urea groups is 1. The first-order valence-electron chi connectivity index (χ1n) is 8.71. The Bertz CT molecular complexity index is 681. The minimum atomic E-state index is 0.0890. The molecule has 2 aliphatic rings. The number of hydrogen-bond acceptors (Lipinski definition) is 2. The molecule has 1 N–H and O–H groups in total. The molecule has 124 valence electrons. The molecule has 4 nitrogen and oxygen atoms in total. The van der Waals surface area contributed by atoms with E-state index >= 15 is 0 Å². The van der Waals surface area contributed by atoms with Gasteiger partial charge in [-0.2, -0.15) is 0 Å². The van der Waals surface area contributed by atoms with E-state index in [1.807, 2.05) is 17.0 Å². The maximum absolute atomic E-state index is 12.5. The molecule has 0 bridgehead atoms. The molecule has 1 saturated carbocycles. The molecule has 2 amide bonds.